The fourth-order valence-electron chi connectivity index (χ4n) is 5.06. The number of amides is 1. The number of pyridine rings is 2. The zero-order valence-corrected chi connectivity index (χ0v) is 20.4. The van der Waals surface area contributed by atoms with Gasteiger partial charge in [0.05, 0.1) is 29.9 Å². The standard InChI is InChI=1S/C28H28FN5O3/c29-21-5-9-24-25(15-21)33-27(32-24)20-3-8-23(30-17-20)19-4-10-26(31-16-19)37-22-6-1-18(2-7-22)28(35)34-11-13-36-14-12-34/h3-5,8-10,15-18,22H,1-2,6-7,11-14H2,(H,32,33)/t18-,22+. The molecular formula is C28H28FN5O3. The number of nitrogens with zero attached hydrogens (tertiary/aromatic N) is 4. The Morgan fingerprint density at radius 2 is 1.76 bits per heavy atom. The van der Waals surface area contributed by atoms with Gasteiger partial charge in [0.1, 0.15) is 17.7 Å². The van der Waals surface area contributed by atoms with Crippen LogP contribution in [0.2, 0.25) is 0 Å². The molecule has 3 aromatic heterocycles. The summed E-state index contributed by atoms with van der Waals surface area (Å²) in [6.45, 7) is 2.67. The molecule has 1 saturated carbocycles. The van der Waals surface area contributed by atoms with E-state index in [-0.39, 0.29) is 23.7 Å². The van der Waals surface area contributed by atoms with Gasteiger partial charge in [-0.05, 0) is 56.0 Å². The van der Waals surface area contributed by atoms with Crippen LogP contribution < -0.4 is 4.74 Å². The number of halogens is 1. The summed E-state index contributed by atoms with van der Waals surface area (Å²) in [4.78, 5) is 31.4. The van der Waals surface area contributed by atoms with E-state index in [4.69, 9.17) is 9.47 Å². The second-order valence-corrected chi connectivity index (χ2v) is 9.59. The molecule has 4 heterocycles. The fourth-order valence-corrected chi connectivity index (χ4v) is 5.06. The van der Waals surface area contributed by atoms with Crippen molar-refractivity contribution in [2.24, 2.45) is 5.92 Å². The lowest BCUT2D eigenvalue weighted by molar-refractivity contribution is -0.141. The number of fused-ring (bicyclic) bond motifs is 1. The number of benzene rings is 1. The van der Waals surface area contributed by atoms with Crippen molar-refractivity contribution in [3.05, 3.63) is 60.7 Å². The summed E-state index contributed by atoms with van der Waals surface area (Å²) in [7, 11) is 0. The van der Waals surface area contributed by atoms with Crippen molar-refractivity contribution in [2.45, 2.75) is 31.8 Å². The number of rotatable bonds is 5. The van der Waals surface area contributed by atoms with Gasteiger partial charge < -0.3 is 19.4 Å². The Morgan fingerprint density at radius 3 is 2.49 bits per heavy atom. The van der Waals surface area contributed by atoms with Crippen molar-refractivity contribution in [1.29, 1.82) is 0 Å². The first-order chi connectivity index (χ1) is 18.1. The minimum Gasteiger partial charge on any atom is -0.474 e. The molecule has 0 unspecified atom stereocenters. The third-order valence-corrected chi connectivity index (χ3v) is 7.15. The van der Waals surface area contributed by atoms with Gasteiger partial charge in [0.25, 0.3) is 0 Å². The predicted octanol–water partition coefficient (Wildman–Crippen LogP) is 4.62. The molecule has 0 radical (unpaired) electrons. The van der Waals surface area contributed by atoms with Crippen molar-refractivity contribution in [1.82, 2.24) is 24.8 Å². The van der Waals surface area contributed by atoms with Crippen LogP contribution in [0, 0.1) is 11.7 Å². The first-order valence-corrected chi connectivity index (χ1v) is 12.7. The van der Waals surface area contributed by atoms with E-state index in [0.717, 1.165) is 48.0 Å². The van der Waals surface area contributed by atoms with Crippen LogP contribution in [-0.2, 0) is 9.53 Å². The maximum atomic E-state index is 13.5. The highest BCUT2D eigenvalue weighted by Crippen LogP contribution is 2.30. The number of hydrogen-bond donors (Lipinski definition) is 1. The third-order valence-electron chi connectivity index (χ3n) is 7.15. The van der Waals surface area contributed by atoms with Gasteiger partial charge in [0, 0.05) is 54.7 Å². The van der Waals surface area contributed by atoms with Crippen LogP contribution in [-0.4, -0.2) is 63.2 Å². The molecule has 4 aromatic rings. The summed E-state index contributed by atoms with van der Waals surface area (Å²) < 4.78 is 24.9. The minimum atomic E-state index is -0.314. The average Bonchev–Trinajstić information content (AvgIpc) is 3.37. The van der Waals surface area contributed by atoms with E-state index in [2.05, 4.69) is 19.9 Å². The zero-order chi connectivity index (χ0) is 25.2. The molecule has 37 heavy (non-hydrogen) atoms. The van der Waals surface area contributed by atoms with Gasteiger partial charge in [-0.25, -0.2) is 14.4 Å². The summed E-state index contributed by atoms with van der Waals surface area (Å²) in [5.41, 5.74) is 3.84. The smallest absolute Gasteiger partial charge is 0.225 e. The highest BCUT2D eigenvalue weighted by molar-refractivity contribution is 5.80. The minimum absolute atomic E-state index is 0.0711. The van der Waals surface area contributed by atoms with Crippen LogP contribution >= 0.6 is 0 Å². The highest BCUT2D eigenvalue weighted by Gasteiger charge is 2.31. The first kappa shape index (κ1) is 23.5. The second-order valence-electron chi connectivity index (χ2n) is 9.59. The topological polar surface area (TPSA) is 93.2 Å². The largest absolute Gasteiger partial charge is 0.474 e. The molecule has 1 saturated heterocycles. The molecule has 8 nitrogen and oxygen atoms in total. The van der Waals surface area contributed by atoms with E-state index >= 15 is 0 Å². The van der Waals surface area contributed by atoms with Gasteiger partial charge in [-0.2, -0.15) is 0 Å². The van der Waals surface area contributed by atoms with Crippen LogP contribution in [0.3, 0.4) is 0 Å². The van der Waals surface area contributed by atoms with E-state index in [1.165, 1.54) is 12.1 Å². The summed E-state index contributed by atoms with van der Waals surface area (Å²) in [5.74, 6) is 1.26. The number of carbonyl (C=O) groups excluding carboxylic acids is 1. The lowest BCUT2D eigenvalue weighted by Gasteiger charge is -2.33. The van der Waals surface area contributed by atoms with Gasteiger partial charge in [-0.1, -0.05) is 0 Å². The van der Waals surface area contributed by atoms with Crippen molar-refractivity contribution in [2.75, 3.05) is 26.3 Å². The van der Waals surface area contributed by atoms with Crippen molar-refractivity contribution >= 4 is 16.9 Å². The Morgan fingerprint density at radius 1 is 0.973 bits per heavy atom. The normalized spacial score (nSPS) is 20.2. The van der Waals surface area contributed by atoms with E-state index < -0.39 is 0 Å². The maximum absolute atomic E-state index is 13.5. The number of ether oxygens (including phenoxy) is 2. The monoisotopic (exact) mass is 501 g/mol. The molecule has 2 aliphatic rings. The van der Waals surface area contributed by atoms with Crippen molar-refractivity contribution < 1.29 is 18.7 Å². The van der Waals surface area contributed by atoms with Crippen LogP contribution in [0.5, 0.6) is 5.88 Å². The molecule has 6 rings (SSSR count). The Labute approximate surface area is 213 Å². The molecule has 190 valence electrons. The Hall–Kier alpha value is -3.85. The summed E-state index contributed by atoms with van der Waals surface area (Å²) in [6, 6.07) is 12.1. The molecular weight excluding hydrogens is 473 g/mol. The van der Waals surface area contributed by atoms with Gasteiger partial charge in [-0.3, -0.25) is 9.78 Å². The number of aromatic nitrogens is 4. The lowest BCUT2D eigenvalue weighted by Crippen LogP contribution is -2.45. The van der Waals surface area contributed by atoms with E-state index in [1.807, 2.05) is 29.2 Å². The quantitative estimate of drug-likeness (QED) is 0.429. The molecule has 9 heteroatoms. The SMILES string of the molecule is O=C([C@H]1CC[C@@H](Oc2ccc(-c3ccc(-c4nc5cc(F)ccc5[nH]4)cn3)cn2)CC1)N1CCOCC1. The Kier molecular flexibility index (Phi) is 6.53. The van der Waals surface area contributed by atoms with Gasteiger partial charge >= 0.3 is 0 Å². The van der Waals surface area contributed by atoms with Crippen LogP contribution in [0.4, 0.5) is 4.39 Å². The summed E-state index contributed by atoms with van der Waals surface area (Å²) in [6.07, 6.45) is 6.95. The summed E-state index contributed by atoms with van der Waals surface area (Å²) in [5, 5.41) is 0. The molecule has 1 aliphatic heterocycles. The molecule has 0 bridgehead atoms. The number of H-pyrrole nitrogens is 1. The summed E-state index contributed by atoms with van der Waals surface area (Å²) >= 11 is 0. The number of aromatic amines is 1. The van der Waals surface area contributed by atoms with E-state index in [9.17, 15) is 9.18 Å². The molecule has 1 aliphatic carbocycles. The van der Waals surface area contributed by atoms with Gasteiger partial charge in [-0.15, -0.1) is 0 Å². The highest BCUT2D eigenvalue weighted by atomic mass is 19.1. The molecule has 1 aromatic carbocycles. The number of imidazole rings is 1. The third kappa shape index (κ3) is 5.17. The van der Waals surface area contributed by atoms with E-state index in [1.54, 1.807) is 18.5 Å². The van der Waals surface area contributed by atoms with Gasteiger partial charge in [0.2, 0.25) is 11.8 Å². The van der Waals surface area contributed by atoms with Gasteiger partial charge in [0.15, 0.2) is 0 Å². The predicted molar refractivity (Wildman–Crippen MR) is 136 cm³/mol. The Bertz CT molecular complexity index is 1380. The molecule has 0 atom stereocenters. The van der Waals surface area contributed by atoms with Crippen LogP contribution in [0.1, 0.15) is 25.7 Å². The fraction of sp³-hybridized carbons (Fsp3) is 0.357. The molecule has 1 amide bonds. The Balaban J connectivity index is 1.05. The average molecular weight is 502 g/mol. The van der Waals surface area contributed by atoms with Crippen molar-refractivity contribution in [3.8, 4) is 28.5 Å². The molecule has 2 fully saturated rings. The van der Waals surface area contributed by atoms with Crippen LogP contribution in [0.15, 0.2) is 54.9 Å². The number of hydrogen-bond acceptors (Lipinski definition) is 6. The molecule has 1 N–H and O–H groups in total. The number of carbonyl (C=O) groups is 1. The zero-order valence-electron chi connectivity index (χ0n) is 20.4. The maximum Gasteiger partial charge on any atom is 0.225 e. The van der Waals surface area contributed by atoms with Crippen molar-refractivity contribution in [3.63, 3.8) is 0 Å². The first-order valence-electron chi connectivity index (χ1n) is 12.7. The second kappa shape index (κ2) is 10.3. The van der Waals surface area contributed by atoms with E-state index in [0.29, 0.717) is 43.5 Å². The number of morpholine rings is 1. The van der Waals surface area contributed by atoms with Crippen LogP contribution in [0.25, 0.3) is 33.7 Å². The lowest BCUT2D eigenvalue weighted by atomic mass is 9.86. The number of nitrogens with one attached hydrogen (secondary N) is 1. The molecule has 0 spiro atoms.